The van der Waals surface area contributed by atoms with E-state index >= 15 is 0 Å². The monoisotopic (exact) mass is 319 g/mol. The average molecular weight is 320 g/mol. The van der Waals surface area contributed by atoms with Crippen LogP contribution in [0.3, 0.4) is 0 Å². The minimum absolute atomic E-state index is 0.309. The summed E-state index contributed by atoms with van der Waals surface area (Å²) in [5, 5.41) is 0.963. The number of benzene rings is 2. The molecule has 0 aliphatic rings. The van der Waals surface area contributed by atoms with Gasteiger partial charge >= 0.3 is 0 Å². The van der Waals surface area contributed by atoms with Crippen molar-refractivity contribution in [3.63, 3.8) is 0 Å². The molecule has 0 aliphatic carbocycles. The van der Waals surface area contributed by atoms with Crippen LogP contribution < -0.4 is 9.91 Å². The van der Waals surface area contributed by atoms with Gasteiger partial charge in [-0.15, -0.1) is 0 Å². The fourth-order valence-corrected chi connectivity index (χ4v) is 6.04. The lowest BCUT2D eigenvalue weighted by molar-refractivity contribution is 0.582. The third-order valence-electron chi connectivity index (χ3n) is 3.29. The molecule has 2 aromatic carbocycles. The van der Waals surface area contributed by atoms with Gasteiger partial charge in [0.2, 0.25) is 10.0 Å². The molecule has 0 atom stereocenters. The smallest absolute Gasteiger partial charge is 0.207 e. The third-order valence-corrected chi connectivity index (χ3v) is 6.99. The first kappa shape index (κ1) is 15.9. The Morgan fingerprint density at radius 1 is 0.905 bits per heavy atom. The lowest BCUT2D eigenvalue weighted by Crippen LogP contribution is -2.42. The molecule has 1 N–H and O–H groups in total. The molecule has 0 bridgehead atoms. The van der Waals surface area contributed by atoms with E-state index in [9.17, 15) is 8.42 Å². The fraction of sp³-hybridized carbons (Fsp3) is 0.250. The molecule has 0 saturated carbocycles. The summed E-state index contributed by atoms with van der Waals surface area (Å²) in [5.41, 5.74) is 0.951. The van der Waals surface area contributed by atoms with Gasteiger partial charge in [0.25, 0.3) is 0 Å². The molecule has 2 aromatic rings. The van der Waals surface area contributed by atoms with E-state index in [1.165, 1.54) is 0 Å². The van der Waals surface area contributed by atoms with Crippen molar-refractivity contribution >= 4 is 23.3 Å². The molecule has 0 saturated heterocycles. The van der Waals surface area contributed by atoms with Gasteiger partial charge in [-0.1, -0.05) is 68.2 Å². The van der Waals surface area contributed by atoms with Crippen molar-refractivity contribution < 1.29 is 8.42 Å². The van der Waals surface area contributed by atoms with E-state index in [0.717, 1.165) is 10.8 Å². The maximum Gasteiger partial charge on any atom is 0.240 e. The Balaban J connectivity index is 2.29. The van der Waals surface area contributed by atoms with Crippen LogP contribution in [0.15, 0.2) is 59.5 Å². The molecule has 0 radical (unpaired) electrons. The Kier molecular flexibility index (Phi) is 4.66. The van der Waals surface area contributed by atoms with Gasteiger partial charge < -0.3 is 0 Å². The quantitative estimate of drug-likeness (QED) is 0.861. The van der Waals surface area contributed by atoms with Crippen LogP contribution in [-0.4, -0.2) is 16.5 Å². The van der Waals surface area contributed by atoms with Gasteiger partial charge in [-0.3, -0.25) is 0 Å². The van der Waals surface area contributed by atoms with E-state index < -0.39 is 18.1 Å². The summed E-state index contributed by atoms with van der Waals surface area (Å²) in [5.74, 6) is 0. The minimum Gasteiger partial charge on any atom is -0.207 e. The molecule has 0 heterocycles. The van der Waals surface area contributed by atoms with Crippen LogP contribution in [-0.2, 0) is 16.6 Å². The number of sulfonamides is 1. The lowest BCUT2D eigenvalue weighted by atomic mass is 10.2. The molecule has 0 fully saturated rings. The van der Waals surface area contributed by atoms with E-state index in [4.69, 9.17) is 0 Å². The van der Waals surface area contributed by atoms with Gasteiger partial charge in [0.15, 0.2) is 0 Å². The molecule has 0 unspecified atom stereocenters. The second-order valence-electron chi connectivity index (χ2n) is 6.06. The topological polar surface area (TPSA) is 46.2 Å². The van der Waals surface area contributed by atoms with Gasteiger partial charge in [0, 0.05) is 6.54 Å². The summed E-state index contributed by atoms with van der Waals surface area (Å²) >= 11 is 0. The predicted octanol–water partition coefficient (Wildman–Crippen LogP) is 2.71. The van der Waals surface area contributed by atoms with Crippen molar-refractivity contribution in [2.45, 2.75) is 31.1 Å². The standard InChI is InChI=1S/C16H21NO2SSi/c1-21(2,3)16-12-8-7-11-15(16)20(18,19)17-13-14-9-5-4-6-10-14/h4-12,17H,13H2,1-3H3. The van der Waals surface area contributed by atoms with Crippen LogP contribution in [0.25, 0.3) is 0 Å². The molecule has 3 nitrogen and oxygen atoms in total. The van der Waals surface area contributed by atoms with E-state index in [2.05, 4.69) is 24.4 Å². The Morgan fingerprint density at radius 2 is 1.48 bits per heavy atom. The highest BCUT2D eigenvalue weighted by Gasteiger charge is 2.26. The molecule has 0 aromatic heterocycles. The second kappa shape index (κ2) is 6.13. The highest BCUT2D eigenvalue weighted by Crippen LogP contribution is 2.13. The van der Waals surface area contributed by atoms with Gasteiger partial charge in [-0.05, 0) is 16.8 Å². The molecular formula is C16H21NO2SSi. The highest BCUT2D eigenvalue weighted by molar-refractivity contribution is 7.89. The summed E-state index contributed by atoms with van der Waals surface area (Å²) in [6, 6.07) is 16.9. The summed E-state index contributed by atoms with van der Waals surface area (Å²) in [6.07, 6.45) is 0. The molecule has 21 heavy (non-hydrogen) atoms. The van der Waals surface area contributed by atoms with Gasteiger partial charge in [-0.2, -0.15) is 0 Å². The van der Waals surface area contributed by atoms with Crippen molar-refractivity contribution in [1.29, 1.82) is 0 Å². The summed E-state index contributed by atoms with van der Waals surface area (Å²) in [7, 11) is -5.20. The van der Waals surface area contributed by atoms with Crippen LogP contribution in [0.2, 0.25) is 19.6 Å². The highest BCUT2D eigenvalue weighted by atomic mass is 32.2. The van der Waals surface area contributed by atoms with E-state index in [1.54, 1.807) is 12.1 Å². The number of nitrogens with one attached hydrogen (secondary N) is 1. The summed E-state index contributed by atoms with van der Waals surface area (Å²) < 4.78 is 27.9. The van der Waals surface area contributed by atoms with E-state index in [0.29, 0.717) is 11.4 Å². The number of rotatable bonds is 5. The van der Waals surface area contributed by atoms with Crippen molar-refractivity contribution in [2.24, 2.45) is 0 Å². The SMILES string of the molecule is C[Si](C)(C)c1ccccc1S(=O)(=O)NCc1ccccc1. The molecule has 0 amide bonds. The fourth-order valence-electron chi connectivity index (χ4n) is 2.17. The number of hydrogen-bond donors (Lipinski definition) is 1. The zero-order valence-corrected chi connectivity index (χ0v) is 14.4. The zero-order valence-electron chi connectivity index (χ0n) is 12.6. The zero-order chi connectivity index (χ0) is 15.5. The normalized spacial score (nSPS) is 12.3. The van der Waals surface area contributed by atoms with Crippen molar-refractivity contribution in [3.05, 3.63) is 60.2 Å². The maximum absolute atomic E-state index is 12.6. The minimum atomic E-state index is -3.49. The van der Waals surface area contributed by atoms with Crippen LogP contribution in [0, 0.1) is 0 Å². The van der Waals surface area contributed by atoms with Gasteiger partial charge in [0.1, 0.15) is 0 Å². The first-order valence-corrected chi connectivity index (χ1v) is 11.9. The molecule has 0 aliphatic heterocycles. The van der Waals surface area contributed by atoms with Crippen molar-refractivity contribution in [2.75, 3.05) is 0 Å². The van der Waals surface area contributed by atoms with E-state index in [1.807, 2.05) is 42.5 Å². The Morgan fingerprint density at radius 3 is 2.10 bits per heavy atom. The average Bonchev–Trinajstić information content (AvgIpc) is 2.45. The van der Waals surface area contributed by atoms with Gasteiger partial charge in [-0.25, -0.2) is 13.1 Å². The Hall–Kier alpha value is -1.43. The van der Waals surface area contributed by atoms with E-state index in [-0.39, 0.29) is 0 Å². The Bertz CT molecular complexity index is 707. The second-order valence-corrected chi connectivity index (χ2v) is 12.8. The molecule has 0 spiro atoms. The number of hydrogen-bond acceptors (Lipinski definition) is 2. The van der Waals surface area contributed by atoms with Gasteiger partial charge in [0.05, 0.1) is 13.0 Å². The molecule has 5 heteroatoms. The van der Waals surface area contributed by atoms with Crippen LogP contribution in [0.1, 0.15) is 5.56 Å². The summed E-state index contributed by atoms with van der Waals surface area (Å²) in [4.78, 5) is 0.417. The predicted molar refractivity (Wildman–Crippen MR) is 89.9 cm³/mol. The maximum atomic E-state index is 12.6. The molecule has 2 rings (SSSR count). The van der Waals surface area contributed by atoms with Crippen molar-refractivity contribution in [3.8, 4) is 0 Å². The van der Waals surface area contributed by atoms with Crippen LogP contribution >= 0.6 is 0 Å². The van der Waals surface area contributed by atoms with Crippen molar-refractivity contribution in [1.82, 2.24) is 4.72 Å². The van der Waals surface area contributed by atoms with Crippen LogP contribution in [0.5, 0.6) is 0 Å². The first-order chi connectivity index (χ1) is 9.81. The summed E-state index contributed by atoms with van der Waals surface area (Å²) in [6.45, 7) is 6.76. The Labute approximate surface area is 128 Å². The largest absolute Gasteiger partial charge is 0.240 e. The molecule has 112 valence electrons. The molecular weight excluding hydrogens is 298 g/mol. The van der Waals surface area contributed by atoms with Crippen LogP contribution in [0.4, 0.5) is 0 Å². The first-order valence-electron chi connectivity index (χ1n) is 6.94. The lowest BCUT2D eigenvalue weighted by Gasteiger charge is -2.21. The third kappa shape index (κ3) is 4.03.